The van der Waals surface area contributed by atoms with E-state index >= 15 is 0 Å². The van der Waals surface area contributed by atoms with Crippen LogP contribution in [0.15, 0.2) is 47.1 Å². The van der Waals surface area contributed by atoms with Gasteiger partial charge in [-0.25, -0.2) is 9.48 Å². The smallest absolute Gasteiger partial charge is 0.337 e. The van der Waals surface area contributed by atoms with Crippen molar-refractivity contribution in [3.8, 4) is 17.1 Å². The minimum Gasteiger partial charge on any atom is -0.465 e. The Bertz CT molecular complexity index is 776. The molecule has 0 unspecified atom stereocenters. The average Bonchev–Trinajstić information content (AvgIpc) is 3.22. The molecule has 0 saturated heterocycles. The number of benzene rings is 1. The van der Waals surface area contributed by atoms with Crippen LogP contribution in [0.25, 0.3) is 17.1 Å². The third kappa shape index (κ3) is 2.38. The van der Waals surface area contributed by atoms with Crippen molar-refractivity contribution in [3.63, 3.8) is 0 Å². The van der Waals surface area contributed by atoms with Gasteiger partial charge in [-0.05, 0) is 36.4 Å². The first-order chi connectivity index (χ1) is 10.7. The number of aliphatic hydroxyl groups is 1. The zero-order chi connectivity index (χ0) is 15.5. The average molecular weight is 299 g/mol. The number of aliphatic hydroxyl groups excluding tert-OH is 1. The van der Waals surface area contributed by atoms with E-state index in [4.69, 9.17) is 4.42 Å². The number of esters is 1. The van der Waals surface area contributed by atoms with Crippen LogP contribution in [-0.4, -0.2) is 33.2 Å². The predicted octanol–water partition coefficient (Wildman–Crippen LogP) is 1.81. The molecule has 0 aliphatic carbocycles. The fourth-order valence-electron chi connectivity index (χ4n) is 2.12. The lowest BCUT2D eigenvalue weighted by Gasteiger charge is -2.06. The number of methoxy groups -OCH3 is 1. The van der Waals surface area contributed by atoms with E-state index in [1.807, 2.05) is 0 Å². The van der Waals surface area contributed by atoms with Gasteiger partial charge in [0.05, 0.1) is 31.2 Å². The third-order valence-electron chi connectivity index (χ3n) is 3.18. The maximum Gasteiger partial charge on any atom is 0.337 e. The van der Waals surface area contributed by atoms with E-state index in [2.05, 4.69) is 15.0 Å². The summed E-state index contributed by atoms with van der Waals surface area (Å²) in [5.41, 5.74) is 2.10. The second-order valence-electron chi connectivity index (χ2n) is 4.47. The molecule has 2 aromatic heterocycles. The van der Waals surface area contributed by atoms with Crippen molar-refractivity contribution in [2.24, 2.45) is 0 Å². The number of carbonyl (C=O) groups is 1. The van der Waals surface area contributed by atoms with Crippen LogP contribution in [-0.2, 0) is 11.3 Å². The molecule has 0 fully saturated rings. The molecule has 0 amide bonds. The molecular weight excluding hydrogens is 286 g/mol. The summed E-state index contributed by atoms with van der Waals surface area (Å²) in [7, 11) is 1.33. The van der Waals surface area contributed by atoms with Gasteiger partial charge in [0.25, 0.3) is 0 Å². The summed E-state index contributed by atoms with van der Waals surface area (Å²) >= 11 is 0. The van der Waals surface area contributed by atoms with E-state index in [0.717, 1.165) is 0 Å². The highest BCUT2D eigenvalue weighted by Crippen LogP contribution is 2.25. The van der Waals surface area contributed by atoms with Crippen LogP contribution in [0.4, 0.5) is 0 Å². The lowest BCUT2D eigenvalue weighted by molar-refractivity contribution is 0.0600. The Morgan fingerprint density at radius 3 is 2.68 bits per heavy atom. The molecule has 0 radical (unpaired) electrons. The largest absolute Gasteiger partial charge is 0.465 e. The summed E-state index contributed by atoms with van der Waals surface area (Å²) in [6, 6.07) is 10.2. The van der Waals surface area contributed by atoms with E-state index < -0.39 is 5.97 Å². The fourth-order valence-corrected chi connectivity index (χ4v) is 2.12. The molecule has 22 heavy (non-hydrogen) atoms. The molecular formula is C15H13N3O4. The molecule has 0 aliphatic rings. The van der Waals surface area contributed by atoms with Crippen LogP contribution in [0.3, 0.4) is 0 Å². The minimum absolute atomic E-state index is 0.254. The number of hydrogen-bond acceptors (Lipinski definition) is 6. The van der Waals surface area contributed by atoms with Crippen LogP contribution in [0.1, 0.15) is 16.1 Å². The van der Waals surface area contributed by atoms with E-state index in [-0.39, 0.29) is 6.61 Å². The summed E-state index contributed by atoms with van der Waals surface area (Å²) in [6.07, 6.45) is 1.54. The minimum atomic E-state index is -0.410. The molecule has 7 nitrogen and oxygen atoms in total. The van der Waals surface area contributed by atoms with Crippen molar-refractivity contribution in [2.45, 2.75) is 6.61 Å². The molecule has 1 aromatic carbocycles. The molecule has 0 atom stereocenters. The van der Waals surface area contributed by atoms with Gasteiger partial charge in [-0.3, -0.25) is 0 Å². The number of rotatable bonds is 4. The second kappa shape index (κ2) is 5.82. The van der Waals surface area contributed by atoms with Crippen molar-refractivity contribution in [3.05, 3.63) is 53.9 Å². The number of hydrogen-bond donors (Lipinski definition) is 1. The number of carbonyl (C=O) groups excluding carboxylic acids is 1. The summed E-state index contributed by atoms with van der Waals surface area (Å²) in [4.78, 5) is 11.5. The Balaban J connectivity index is 2.05. The molecule has 0 spiro atoms. The van der Waals surface area contributed by atoms with Crippen LogP contribution in [0.5, 0.6) is 0 Å². The number of nitrogens with zero attached hydrogens (tertiary/aromatic N) is 3. The van der Waals surface area contributed by atoms with Crippen LogP contribution in [0.2, 0.25) is 0 Å². The Morgan fingerprint density at radius 2 is 2.09 bits per heavy atom. The zero-order valence-corrected chi connectivity index (χ0v) is 11.8. The SMILES string of the molecule is COC(=O)c1ccc(-n2nnc(CO)c2-c2ccco2)cc1. The first-order valence-electron chi connectivity index (χ1n) is 6.52. The standard InChI is InChI=1S/C15H13N3O4/c1-21-15(20)10-4-6-11(7-5-10)18-14(12(9-19)16-17-18)13-3-2-8-22-13/h2-8,19H,9H2,1H3. The third-order valence-corrected chi connectivity index (χ3v) is 3.18. The molecule has 7 heteroatoms. The molecule has 0 aliphatic heterocycles. The molecule has 3 rings (SSSR count). The van der Waals surface area contributed by atoms with E-state index in [0.29, 0.717) is 28.4 Å². The van der Waals surface area contributed by atoms with E-state index in [9.17, 15) is 9.90 Å². The van der Waals surface area contributed by atoms with E-state index in [1.165, 1.54) is 13.4 Å². The van der Waals surface area contributed by atoms with Crippen LogP contribution >= 0.6 is 0 Å². The van der Waals surface area contributed by atoms with E-state index in [1.54, 1.807) is 41.1 Å². The first kappa shape index (κ1) is 14.0. The van der Waals surface area contributed by atoms with Crippen molar-refractivity contribution in [2.75, 3.05) is 7.11 Å². The zero-order valence-electron chi connectivity index (χ0n) is 11.8. The lowest BCUT2D eigenvalue weighted by atomic mass is 10.2. The fraction of sp³-hybridized carbons (Fsp3) is 0.133. The number of ether oxygens (including phenoxy) is 1. The Labute approximate surface area is 125 Å². The van der Waals surface area contributed by atoms with Crippen molar-refractivity contribution in [1.29, 1.82) is 0 Å². The van der Waals surface area contributed by atoms with Gasteiger partial charge >= 0.3 is 5.97 Å². The summed E-state index contributed by atoms with van der Waals surface area (Å²) in [6.45, 7) is -0.254. The summed E-state index contributed by atoms with van der Waals surface area (Å²) in [5, 5.41) is 17.4. The first-order valence-corrected chi connectivity index (χ1v) is 6.52. The van der Waals surface area contributed by atoms with Gasteiger partial charge in [-0.1, -0.05) is 5.21 Å². The highest BCUT2D eigenvalue weighted by Gasteiger charge is 2.18. The van der Waals surface area contributed by atoms with Crippen LogP contribution < -0.4 is 0 Å². The normalized spacial score (nSPS) is 10.6. The molecule has 3 aromatic rings. The Hall–Kier alpha value is -2.93. The Morgan fingerprint density at radius 1 is 1.32 bits per heavy atom. The number of aromatic nitrogens is 3. The maximum atomic E-state index is 11.5. The molecule has 0 saturated carbocycles. The molecule has 2 heterocycles. The predicted molar refractivity (Wildman–Crippen MR) is 76.3 cm³/mol. The van der Waals surface area contributed by atoms with Crippen molar-refractivity contribution < 1.29 is 19.1 Å². The number of furan rings is 1. The molecule has 112 valence electrons. The maximum absolute atomic E-state index is 11.5. The summed E-state index contributed by atoms with van der Waals surface area (Å²) < 4.78 is 11.6. The highest BCUT2D eigenvalue weighted by molar-refractivity contribution is 5.89. The van der Waals surface area contributed by atoms with Gasteiger partial charge in [-0.15, -0.1) is 5.10 Å². The van der Waals surface area contributed by atoms with Crippen molar-refractivity contribution in [1.82, 2.24) is 15.0 Å². The van der Waals surface area contributed by atoms with Gasteiger partial charge in [0.15, 0.2) is 5.76 Å². The highest BCUT2D eigenvalue weighted by atomic mass is 16.5. The quantitative estimate of drug-likeness (QED) is 0.739. The van der Waals surface area contributed by atoms with Crippen molar-refractivity contribution >= 4 is 5.97 Å². The van der Waals surface area contributed by atoms with Gasteiger partial charge in [-0.2, -0.15) is 0 Å². The topological polar surface area (TPSA) is 90.4 Å². The monoisotopic (exact) mass is 299 g/mol. The van der Waals surface area contributed by atoms with Gasteiger partial charge in [0, 0.05) is 0 Å². The molecule has 1 N–H and O–H groups in total. The van der Waals surface area contributed by atoms with Gasteiger partial charge in [0.2, 0.25) is 0 Å². The summed E-state index contributed by atoms with van der Waals surface area (Å²) in [5.74, 6) is 0.138. The van der Waals surface area contributed by atoms with Gasteiger partial charge < -0.3 is 14.3 Å². The second-order valence-corrected chi connectivity index (χ2v) is 4.47. The molecule has 0 bridgehead atoms. The Kier molecular flexibility index (Phi) is 3.71. The van der Waals surface area contributed by atoms with Gasteiger partial charge in [0.1, 0.15) is 11.4 Å². The lowest BCUT2D eigenvalue weighted by Crippen LogP contribution is -2.03. The van der Waals surface area contributed by atoms with Crippen LogP contribution in [0, 0.1) is 0 Å².